The highest BCUT2D eigenvalue weighted by atomic mass is 32.2. The smallest absolute Gasteiger partial charge is 0.339 e. The van der Waals surface area contributed by atoms with Crippen LogP contribution in [-0.2, 0) is 0 Å². The molecule has 0 aromatic carbocycles. The van der Waals surface area contributed by atoms with Crippen LogP contribution in [0, 0.1) is 6.92 Å². The zero-order chi connectivity index (χ0) is 12.3. The van der Waals surface area contributed by atoms with E-state index in [0.29, 0.717) is 17.4 Å². The number of hydrogen-bond donors (Lipinski definition) is 2. The van der Waals surface area contributed by atoms with Gasteiger partial charge in [-0.05, 0) is 42.9 Å². The molecule has 1 aliphatic heterocycles. The van der Waals surface area contributed by atoms with E-state index in [-0.39, 0.29) is 0 Å². The van der Waals surface area contributed by atoms with Crippen molar-refractivity contribution in [1.29, 1.82) is 0 Å². The summed E-state index contributed by atoms with van der Waals surface area (Å²) in [5.74, 6) is 1.86. The minimum atomic E-state index is -0.914. The van der Waals surface area contributed by atoms with Gasteiger partial charge in [0.2, 0.25) is 0 Å². The van der Waals surface area contributed by atoms with Crippen LogP contribution in [0.1, 0.15) is 28.8 Å². The minimum Gasteiger partial charge on any atom is -0.478 e. The number of carboxylic acid groups (broad SMARTS) is 1. The molecule has 0 saturated carbocycles. The fourth-order valence-corrected chi connectivity index (χ4v) is 3.08. The van der Waals surface area contributed by atoms with Gasteiger partial charge >= 0.3 is 5.97 Å². The Kier molecular flexibility index (Phi) is 3.89. The molecule has 5 heteroatoms. The Bertz CT molecular complexity index is 417. The Morgan fingerprint density at radius 1 is 1.53 bits per heavy atom. The average molecular weight is 252 g/mol. The molecule has 0 atom stereocenters. The van der Waals surface area contributed by atoms with Crippen molar-refractivity contribution in [3.8, 4) is 0 Å². The zero-order valence-electron chi connectivity index (χ0n) is 9.77. The van der Waals surface area contributed by atoms with Crippen LogP contribution in [-0.4, -0.2) is 33.6 Å². The van der Waals surface area contributed by atoms with Gasteiger partial charge in [-0.2, -0.15) is 11.8 Å². The van der Waals surface area contributed by atoms with Crippen molar-refractivity contribution in [3.05, 3.63) is 23.4 Å². The van der Waals surface area contributed by atoms with Crippen LogP contribution in [0.25, 0.3) is 0 Å². The molecule has 1 aromatic rings. The summed E-state index contributed by atoms with van der Waals surface area (Å²) >= 11 is 1.95. The van der Waals surface area contributed by atoms with Gasteiger partial charge in [-0.1, -0.05) is 0 Å². The number of carboxylic acids is 1. The van der Waals surface area contributed by atoms with Crippen molar-refractivity contribution >= 4 is 23.5 Å². The maximum atomic E-state index is 11.2. The van der Waals surface area contributed by atoms with E-state index < -0.39 is 5.97 Å². The molecule has 1 aromatic heterocycles. The molecular weight excluding hydrogens is 236 g/mol. The largest absolute Gasteiger partial charge is 0.478 e. The molecular formula is C12H16N2O2S. The summed E-state index contributed by atoms with van der Waals surface area (Å²) in [5, 5.41) is 12.5. The number of aromatic carboxylic acids is 1. The third-order valence-corrected chi connectivity index (χ3v) is 3.98. The van der Waals surface area contributed by atoms with Crippen molar-refractivity contribution in [2.45, 2.75) is 25.8 Å². The second-order valence-electron chi connectivity index (χ2n) is 4.19. The fourth-order valence-electron chi connectivity index (χ4n) is 1.97. The summed E-state index contributed by atoms with van der Waals surface area (Å²) < 4.78 is 0. The lowest BCUT2D eigenvalue weighted by Gasteiger charge is -2.24. The van der Waals surface area contributed by atoms with Gasteiger partial charge in [-0.25, -0.2) is 9.78 Å². The van der Waals surface area contributed by atoms with Crippen molar-refractivity contribution in [1.82, 2.24) is 4.98 Å². The van der Waals surface area contributed by atoms with Gasteiger partial charge in [0.15, 0.2) is 0 Å². The molecule has 1 fully saturated rings. The van der Waals surface area contributed by atoms with Gasteiger partial charge in [0, 0.05) is 12.2 Å². The Balaban J connectivity index is 2.19. The molecule has 2 N–H and O–H groups in total. The quantitative estimate of drug-likeness (QED) is 0.865. The van der Waals surface area contributed by atoms with Crippen molar-refractivity contribution in [3.63, 3.8) is 0 Å². The van der Waals surface area contributed by atoms with Crippen LogP contribution < -0.4 is 5.32 Å². The molecule has 4 nitrogen and oxygen atoms in total. The maximum Gasteiger partial charge on any atom is 0.339 e. The molecule has 2 heterocycles. The normalized spacial score (nSPS) is 16.8. The van der Waals surface area contributed by atoms with Crippen molar-refractivity contribution in [2.24, 2.45) is 0 Å². The monoisotopic (exact) mass is 252 g/mol. The summed E-state index contributed by atoms with van der Waals surface area (Å²) in [5.41, 5.74) is 1.05. The van der Waals surface area contributed by atoms with Crippen molar-refractivity contribution in [2.75, 3.05) is 16.8 Å². The van der Waals surface area contributed by atoms with Crippen LogP contribution in [0.2, 0.25) is 0 Å². The first-order valence-electron chi connectivity index (χ1n) is 5.71. The zero-order valence-corrected chi connectivity index (χ0v) is 10.6. The molecule has 92 valence electrons. The number of thioether (sulfide) groups is 1. The standard InChI is InChI=1S/C12H16N2O2S/c1-8-2-5-13-11(10(8)12(15)16)14-9-3-6-17-7-4-9/h2,5,9H,3-4,6-7H2,1H3,(H,13,14)(H,15,16). The summed E-state index contributed by atoms with van der Waals surface area (Å²) in [7, 11) is 0. The average Bonchev–Trinajstić information content (AvgIpc) is 2.30. The van der Waals surface area contributed by atoms with Gasteiger partial charge < -0.3 is 10.4 Å². The number of hydrogen-bond acceptors (Lipinski definition) is 4. The second kappa shape index (κ2) is 5.40. The van der Waals surface area contributed by atoms with Gasteiger partial charge in [0.05, 0.1) is 0 Å². The van der Waals surface area contributed by atoms with Crippen LogP contribution in [0.15, 0.2) is 12.3 Å². The molecule has 0 aliphatic carbocycles. The number of pyridine rings is 1. The maximum absolute atomic E-state index is 11.2. The van der Waals surface area contributed by atoms with E-state index in [1.54, 1.807) is 19.2 Å². The van der Waals surface area contributed by atoms with Gasteiger partial charge in [-0.15, -0.1) is 0 Å². The molecule has 0 amide bonds. The fraction of sp³-hybridized carbons (Fsp3) is 0.500. The number of anilines is 1. The Morgan fingerprint density at radius 3 is 2.88 bits per heavy atom. The van der Waals surface area contributed by atoms with Crippen LogP contribution in [0.5, 0.6) is 0 Å². The first-order chi connectivity index (χ1) is 8.18. The Hall–Kier alpha value is -1.23. The second-order valence-corrected chi connectivity index (χ2v) is 5.41. The molecule has 0 unspecified atom stereocenters. The Labute approximate surface area is 105 Å². The highest BCUT2D eigenvalue weighted by molar-refractivity contribution is 7.99. The van der Waals surface area contributed by atoms with E-state index >= 15 is 0 Å². The van der Waals surface area contributed by atoms with E-state index in [4.69, 9.17) is 0 Å². The summed E-state index contributed by atoms with van der Waals surface area (Å²) in [6.45, 7) is 1.80. The molecule has 17 heavy (non-hydrogen) atoms. The summed E-state index contributed by atoms with van der Waals surface area (Å²) in [4.78, 5) is 15.4. The van der Waals surface area contributed by atoms with Gasteiger partial charge in [0.1, 0.15) is 11.4 Å². The molecule has 0 bridgehead atoms. The number of aryl methyl sites for hydroxylation is 1. The SMILES string of the molecule is Cc1ccnc(NC2CCSCC2)c1C(=O)O. The highest BCUT2D eigenvalue weighted by Crippen LogP contribution is 2.23. The number of carbonyl (C=O) groups is 1. The summed E-state index contributed by atoms with van der Waals surface area (Å²) in [6.07, 6.45) is 3.79. The highest BCUT2D eigenvalue weighted by Gasteiger charge is 2.19. The lowest BCUT2D eigenvalue weighted by atomic mass is 10.1. The van der Waals surface area contributed by atoms with E-state index in [9.17, 15) is 9.90 Å². The number of aromatic nitrogens is 1. The molecule has 1 aliphatic rings. The number of nitrogens with one attached hydrogen (secondary N) is 1. The third-order valence-electron chi connectivity index (χ3n) is 2.94. The van der Waals surface area contributed by atoms with E-state index in [2.05, 4.69) is 10.3 Å². The molecule has 0 spiro atoms. The third kappa shape index (κ3) is 2.91. The first-order valence-corrected chi connectivity index (χ1v) is 6.87. The van der Waals surface area contributed by atoms with Crippen molar-refractivity contribution < 1.29 is 9.90 Å². The lowest BCUT2D eigenvalue weighted by Crippen LogP contribution is -2.26. The Morgan fingerprint density at radius 2 is 2.24 bits per heavy atom. The number of nitrogens with zero attached hydrogens (tertiary/aromatic N) is 1. The van der Waals surface area contributed by atoms with Crippen LogP contribution >= 0.6 is 11.8 Å². The molecule has 1 saturated heterocycles. The first kappa shape index (κ1) is 12.2. The van der Waals surface area contributed by atoms with Crippen LogP contribution in [0.3, 0.4) is 0 Å². The predicted octanol–water partition coefficient (Wildman–Crippen LogP) is 2.40. The number of rotatable bonds is 3. The van der Waals surface area contributed by atoms with Gasteiger partial charge in [0.25, 0.3) is 0 Å². The topological polar surface area (TPSA) is 62.2 Å². The van der Waals surface area contributed by atoms with E-state index in [1.165, 1.54) is 0 Å². The molecule has 2 rings (SSSR count). The van der Waals surface area contributed by atoms with Gasteiger partial charge in [-0.3, -0.25) is 0 Å². The minimum absolute atomic E-state index is 0.297. The summed E-state index contributed by atoms with van der Waals surface area (Å²) in [6, 6.07) is 2.08. The predicted molar refractivity (Wildman–Crippen MR) is 69.9 cm³/mol. The lowest BCUT2D eigenvalue weighted by molar-refractivity contribution is 0.0696. The van der Waals surface area contributed by atoms with Crippen LogP contribution in [0.4, 0.5) is 5.82 Å². The van der Waals surface area contributed by atoms with E-state index in [1.807, 2.05) is 11.8 Å². The van der Waals surface area contributed by atoms with E-state index in [0.717, 1.165) is 29.9 Å². The molecule has 0 radical (unpaired) electrons.